The molecule has 2 rings (SSSR count). The van der Waals surface area contributed by atoms with Crippen molar-refractivity contribution in [1.82, 2.24) is 20.4 Å². The molecule has 0 radical (unpaired) electrons. The molecule has 17 heavy (non-hydrogen) atoms. The maximum atomic E-state index is 12.1. The number of nitrogens with one attached hydrogen (secondary N) is 2. The number of rotatable bonds is 2. The van der Waals surface area contributed by atoms with Crippen LogP contribution in [0.4, 0.5) is 0 Å². The fourth-order valence-corrected chi connectivity index (χ4v) is 2.29. The van der Waals surface area contributed by atoms with Crippen LogP contribution in [0.25, 0.3) is 0 Å². The van der Waals surface area contributed by atoms with E-state index in [1.54, 1.807) is 11.7 Å². The number of carbonyl (C=O) groups excluding carboxylic acids is 1. The van der Waals surface area contributed by atoms with Gasteiger partial charge in [-0.25, -0.2) is 0 Å². The molecule has 1 saturated heterocycles. The van der Waals surface area contributed by atoms with Gasteiger partial charge in [0.15, 0.2) is 0 Å². The van der Waals surface area contributed by atoms with Gasteiger partial charge in [-0.2, -0.15) is 5.10 Å². The first-order valence-corrected chi connectivity index (χ1v) is 6.10. The molecule has 2 atom stereocenters. The van der Waals surface area contributed by atoms with Crippen molar-refractivity contribution in [3.05, 3.63) is 17.5 Å². The van der Waals surface area contributed by atoms with Crippen LogP contribution in [-0.2, 0) is 7.05 Å². The lowest BCUT2D eigenvalue weighted by molar-refractivity contribution is 0.0904. The predicted octanol–water partition coefficient (Wildman–Crippen LogP) is 0.456. The molecule has 0 bridgehead atoms. The molecule has 1 aromatic rings. The minimum atomic E-state index is -0.0214. The van der Waals surface area contributed by atoms with Crippen LogP contribution < -0.4 is 10.6 Å². The largest absolute Gasteiger partial charge is 0.348 e. The van der Waals surface area contributed by atoms with Gasteiger partial charge in [0.2, 0.25) is 0 Å². The zero-order chi connectivity index (χ0) is 12.4. The zero-order valence-corrected chi connectivity index (χ0v) is 10.7. The van der Waals surface area contributed by atoms with E-state index in [0.717, 1.165) is 25.2 Å². The molecule has 0 aliphatic carbocycles. The summed E-state index contributed by atoms with van der Waals surface area (Å²) in [5.74, 6) is 0.453. The molecule has 2 unspecified atom stereocenters. The van der Waals surface area contributed by atoms with Gasteiger partial charge in [0, 0.05) is 13.1 Å². The molecule has 1 amide bonds. The fourth-order valence-electron chi connectivity index (χ4n) is 2.29. The lowest BCUT2D eigenvalue weighted by Crippen LogP contribution is -2.48. The molecule has 0 spiro atoms. The molecule has 1 aliphatic rings. The minimum absolute atomic E-state index is 0.0214. The van der Waals surface area contributed by atoms with Crippen LogP contribution in [0.3, 0.4) is 0 Å². The van der Waals surface area contributed by atoms with Gasteiger partial charge >= 0.3 is 0 Å². The smallest absolute Gasteiger partial charge is 0.269 e. The van der Waals surface area contributed by atoms with E-state index in [-0.39, 0.29) is 11.9 Å². The Kier molecular flexibility index (Phi) is 3.47. The van der Waals surface area contributed by atoms with Crippen molar-refractivity contribution in [2.45, 2.75) is 26.3 Å². The van der Waals surface area contributed by atoms with Crippen molar-refractivity contribution < 1.29 is 4.79 Å². The summed E-state index contributed by atoms with van der Waals surface area (Å²) >= 11 is 0. The molecular weight excluding hydrogens is 216 g/mol. The van der Waals surface area contributed by atoms with E-state index >= 15 is 0 Å². The lowest BCUT2D eigenvalue weighted by atomic mass is 9.95. The molecule has 5 heteroatoms. The van der Waals surface area contributed by atoms with Gasteiger partial charge in [-0.3, -0.25) is 9.48 Å². The summed E-state index contributed by atoms with van der Waals surface area (Å²) in [6, 6.07) is 2.08. The molecule has 5 nitrogen and oxygen atoms in total. The predicted molar refractivity (Wildman–Crippen MR) is 65.8 cm³/mol. The Morgan fingerprint density at radius 3 is 3.00 bits per heavy atom. The van der Waals surface area contributed by atoms with Crippen molar-refractivity contribution in [2.24, 2.45) is 13.0 Å². The van der Waals surface area contributed by atoms with Gasteiger partial charge in [0.1, 0.15) is 5.69 Å². The highest BCUT2D eigenvalue weighted by molar-refractivity contribution is 5.92. The molecule has 0 aromatic carbocycles. The Labute approximate surface area is 102 Å². The van der Waals surface area contributed by atoms with Crippen LogP contribution in [0.5, 0.6) is 0 Å². The van der Waals surface area contributed by atoms with Crippen molar-refractivity contribution >= 4 is 5.91 Å². The number of amides is 1. The van der Waals surface area contributed by atoms with Gasteiger partial charge in [-0.15, -0.1) is 0 Å². The van der Waals surface area contributed by atoms with Gasteiger partial charge < -0.3 is 10.6 Å². The number of hydrogen-bond donors (Lipinski definition) is 2. The highest BCUT2D eigenvalue weighted by Crippen LogP contribution is 2.11. The molecule has 1 fully saturated rings. The molecule has 0 saturated carbocycles. The maximum absolute atomic E-state index is 12.1. The summed E-state index contributed by atoms with van der Waals surface area (Å²) in [5, 5.41) is 10.6. The number of nitrogens with zero attached hydrogens (tertiary/aromatic N) is 2. The number of aryl methyl sites for hydroxylation is 2. The summed E-state index contributed by atoms with van der Waals surface area (Å²) in [6.07, 6.45) is 0.990. The molecule has 1 aromatic heterocycles. The highest BCUT2D eigenvalue weighted by atomic mass is 16.2. The monoisotopic (exact) mass is 236 g/mol. The van der Waals surface area contributed by atoms with Gasteiger partial charge in [0.05, 0.1) is 5.69 Å². The minimum Gasteiger partial charge on any atom is -0.348 e. The summed E-state index contributed by atoms with van der Waals surface area (Å²) in [6.45, 7) is 5.99. The van der Waals surface area contributed by atoms with Crippen molar-refractivity contribution in [3.8, 4) is 0 Å². The third-order valence-electron chi connectivity index (χ3n) is 3.34. The van der Waals surface area contributed by atoms with Crippen LogP contribution in [0.1, 0.15) is 29.5 Å². The van der Waals surface area contributed by atoms with Gasteiger partial charge in [-0.05, 0) is 38.4 Å². The molecule has 2 N–H and O–H groups in total. The van der Waals surface area contributed by atoms with Crippen molar-refractivity contribution in [1.29, 1.82) is 0 Å². The average Bonchev–Trinajstić information content (AvgIpc) is 2.61. The fraction of sp³-hybridized carbons (Fsp3) is 0.667. The average molecular weight is 236 g/mol. The zero-order valence-electron chi connectivity index (χ0n) is 10.7. The summed E-state index contributed by atoms with van der Waals surface area (Å²) in [7, 11) is 1.80. The topological polar surface area (TPSA) is 59.0 Å². The Bertz CT molecular complexity index is 413. The Morgan fingerprint density at radius 2 is 2.41 bits per heavy atom. The Morgan fingerprint density at radius 1 is 1.65 bits per heavy atom. The second kappa shape index (κ2) is 4.87. The third-order valence-corrected chi connectivity index (χ3v) is 3.34. The van der Waals surface area contributed by atoms with Crippen LogP contribution in [0, 0.1) is 12.8 Å². The number of hydrogen-bond acceptors (Lipinski definition) is 3. The van der Waals surface area contributed by atoms with E-state index in [9.17, 15) is 4.79 Å². The van der Waals surface area contributed by atoms with Crippen molar-refractivity contribution in [2.75, 3.05) is 13.1 Å². The molecule has 1 aliphatic heterocycles. The molecular formula is C12H20N4O. The van der Waals surface area contributed by atoms with E-state index in [4.69, 9.17) is 0 Å². The second-order valence-electron chi connectivity index (χ2n) is 4.84. The summed E-state index contributed by atoms with van der Waals surface area (Å²) < 4.78 is 1.64. The SMILES string of the molecule is Cc1cc(C(=O)NC2CCNCC2C)n(C)n1. The van der Waals surface area contributed by atoms with Crippen LogP contribution >= 0.6 is 0 Å². The van der Waals surface area contributed by atoms with Gasteiger partial charge in [0.25, 0.3) is 5.91 Å². The highest BCUT2D eigenvalue weighted by Gasteiger charge is 2.24. The number of piperidine rings is 1. The van der Waals surface area contributed by atoms with E-state index in [1.807, 2.05) is 13.0 Å². The lowest BCUT2D eigenvalue weighted by Gasteiger charge is -2.30. The summed E-state index contributed by atoms with van der Waals surface area (Å²) in [4.78, 5) is 12.1. The van der Waals surface area contributed by atoms with Crippen LogP contribution in [-0.4, -0.2) is 34.8 Å². The van der Waals surface area contributed by atoms with Crippen molar-refractivity contribution in [3.63, 3.8) is 0 Å². The third kappa shape index (κ3) is 2.66. The van der Waals surface area contributed by atoms with E-state index in [2.05, 4.69) is 22.7 Å². The first kappa shape index (κ1) is 12.1. The number of aromatic nitrogens is 2. The Balaban J connectivity index is 2.03. The quantitative estimate of drug-likeness (QED) is 0.784. The summed E-state index contributed by atoms with van der Waals surface area (Å²) in [5.41, 5.74) is 1.50. The second-order valence-corrected chi connectivity index (χ2v) is 4.84. The standard InChI is InChI=1S/C12H20N4O/c1-8-7-13-5-4-10(8)14-12(17)11-6-9(2)15-16(11)3/h6,8,10,13H,4-5,7H2,1-3H3,(H,14,17). The van der Waals surface area contributed by atoms with Gasteiger partial charge in [-0.1, -0.05) is 6.92 Å². The molecule has 94 valence electrons. The number of carbonyl (C=O) groups is 1. The van der Waals surface area contributed by atoms with Crippen LogP contribution in [0.15, 0.2) is 6.07 Å². The van der Waals surface area contributed by atoms with Crippen LogP contribution in [0.2, 0.25) is 0 Å². The molecule has 2 heterocycles. The normalized spacial score (nSPS) is 24.6. The van der Waals surface area contributed by atoms with E-state index in [0.29, 0.717) is 11.6 Å². The maximum Gasteiger partial charge on any atom is 0.269 e. The van der Waals surface area contributed by atoms with E-state index < -0.39 is 0 Å². The Hall–Kier alpha value is -1.36. The van der Waals surface area contributed by atoms with E-state index in [1.165, 1.54) is 0 Å². The first-order chi connectivity index (χ1) is 8.08. The first-order valence-electron chi connectivity index (χ1n) is 6.10.